The third kappa shape index (κ3) is 3.11. The molecule has 0 heterocycles. The minimum Gasteiger partial charge on any atom is -0.544 e. The molecule has 30 heavy (non-hydrogen) atoms. The van der Waals surface area contributed by atoms with Crippen LogP contribution in [0.4, 0.5) is 79.0 Å². The minimum atomic E-state index is -8.89. The fourth-order valence-corrected chi connectivity index (χ4v) is 1.46. The first kappa shape index (κ1) is 28.2. The van der Waals surface area contributed by atoms with Crippen LogP contribution in [-0.2, 0) is 4.79 Å². The van der Waals surface area contributed by atoms with Crippen molar-refractivity contribution in [2.45, 2.75) is 53.8 Å². The van der Waals surface area contributed by atoms with Crippen molar-refractivity contribution in [1.82, 2.24) is 0 Å². The van der Waals surface area contributed by atoms with E-state index in [9.17, 15) is 88.9 Å². The van der Waals surface area contributed by atoms with Crippen LogP contribution in [0.1, 0.15) is 0 Å². The zero-order valence-corrected chi connectivity index (χ0v) is 12.7. The molecule has 0 unspecified atom stereocenters. The molecule has 0 aliphatic carbocycles. The highest BCUT2D eigenvalue weighted by Crippen LogP contribution is 2.64. The number of rotatable bonds is 9. The number of hydrogen-bond donors (Lipinski definition) is 0. The van der Waals surface area contributed by atoms with Crippen molar-refractivity contribution in [1.29, 1.82) is 0 Å². The molecule has 0 aromatic heterocycles. The lowest BCUT2D eigenvalue weighted by Gasteiger charge is -2.43. The lowest BCUT2D eigenvalue weighted by Crippen LogP contribution is -2.76. The largest absolute Gasteiger partial charge is 0.544 e. The van der Waals surface area contributed by atoms with Crippen molar-refractivity contribution in [3.05, 3.63) is 0 Å². The Balaban J connectivity index is 6.86. The maximum atomic E-state index is 13.1. The Morgan fingerprint density at radius 3 is 0.967 bits per heavy atom. The molecule has 0 aliphatic rings. The number of carboxylic acid groups (broad SMARTS) is 1. The Hall–Kier alpha value is -1.79. The van der Waals surface area contributed by atoms with Crippen molar-refractivity contribution in [2.75, 3.05) is 0 Å². The molecule has 0 rings (SSSR count). The molecular formula is C10HF18O2-. The standard InChI is InChI=1S/C10H2F18O2/c11-1(12)3(13,14)5(17,18)7(21,22)9(25,26)10(27,28)8(23,24)6(19,20)4(15,16)2(29)30/h1H,(H,29,30)/p-1. The summed E-state index contributed by atoms with van der Waals surface area (Å²) in [5, 5.41) is 9.70. The van der Waals surface area contributed by atoms with Crippen molar-refractivity contribution >= 4 is 5.97 Å². The van der Waals surface area contributed by atoms with Crippen LogP contribution >= 0.6 is 0 Å². The van der Waals surface area contributed by atoms with E-state index in [1.165, 1.54) is 0 Å². The smallest absolute Gasteiger partial charge is 0.385 e. The molecule has 0 N–H and O–H groups in total. The SMILES string of the molecule is O=C([O-])C(F)(F)C(F)(F)C(F)(F)C(F)(F)C(F)(F)C(F)(F)C(F)(F)C(F)(F)C(F)F. The molecule has 0 aromatic carbocycles. The second-order valence-corrected chi connectivity index (χ2v) is 5.23. The van der Waals surface area contributed by atoms with Crippen molar-refractivity contribution < 1.29 is 88.9 Å². The third-order valence-electron chi connectivity index (χ3n) is 3.32. The number of carbonyl (C=O) groups excluding carboxylic acids is 1. The topological polar surface area (TPSA) is 40.1 Å². The van der Waals surface area contributed by atoms with Gasteiger partial charge < -0.3 is 9.90 Å². The molecule has 0 aliphatic heterocycles. The van der Waals surface area contributed by atoms with Crippen LogP contribution in [-0.4, -0.2) is 59.8 Å². The van der Waals surface area contributed by atoms with Crippen LogP contribution in [0, 0.1) is 0 Å². The second kappa shape index (κ2) is 6.86. The van der Waals surface area contributed by atoms with E-state index in [1.807, 2.05) is 0 Å². The molecule has 0 bridgehead atoms. The third-order valence-corrected chi connectivity index (χ3v) is 3.32. The average Bonchev–Trinajstić information content (AvgIpc) is 2.52. The summed E-state index contributed by atoms with van der Waals surface area (Å²) >= 11 is 0. The molecular weight excluding hydrogens is 494 g/mol. The van der Waals surface area contributed by atoms with Gasteiger partial charge in [-0.25, -0.2) is 8.78 Å². The summed E-state index contributed by atoms with van der Waals surface area (Å²) in [6.45, 7) is 0. The molecule has 180 valence electrons. The van der Waals surface area contributed by atoms with Gasteiger partial charge in [0.1, 0.15) is 5.97 Å². The van der Waals surface area contributed by atoms with Crippen LogP contribution in [0.15, 0.2) is 0 Å². The number of hydrogen-bond acceptors (Lipinski definition) is 2. The molecule has 0 aromatic rings. The molecule has 0 fully saturated rings. The summed E-state index contributed by atoms with van der Waals surface area (Å²) in [5.41, 5.74) is 0. The van der Waals surface area contributed by atoms with E-state index in [1.54, 1.807) is 0 Å². The van der Waals surface area contributed by atoms with Gasteiger partial charge in [0.15, 0.2) is 0 Å². The summed E-state index contributed by atoms with van der Waals surface area (Å²) in [5.74, 6) is -71.8. The Morgan fingerprint density at radius 1 is 0.500 bits per heavy atom. The van der Waals surface area contributed by atoms with Gasteiger partial charge in [0, 0.05) is 0 Å². The van der Waals surface area contributed by atoms with Gasteiger partial charge >= 0.3 is 53.8 Å². The van der Waals surface area contributed by atoms with Crippen LogP contribution in [0.25, 0.3) is 0 Å². The Kier molecular flexibility index (Phi) is 6.45. The van der Waals surface area contributed by atoms with Crippen molar-refractivity contribution in [3.63, 3.8) is 0 Å². The Bertz CT molecular complexity index is 664. The minimum absolute atomic E-state index is 4.67. The van der Waals surface area contributed by atoms with Crippen LogP contribution in [0.2, 0.25) is 0 Å². The summed E-state index contributed by atoms with van der Waals surface area (Å²) < 4.78 is 229. The van der Waals surface area contributed by atoms with Gasteiger partial charge in [0.25, 0.3) is 0 Å². The molecule has 0 amide bonds. The fraction of sp³-hybridized carbons (Fsp3) is 0.900. The van der Waals surface area contributed by atoms with E-state index in [4.69, 9.17) is 0 Å². The van der Waals surface area contributed by atoms with E-state index in [0.717, 1.165) is 0 Å². The highest BCUT2D eigenvalue weighted by molar-refractivity contribution is 5.75. The van der Waals surface area contributed by atoms with Gasteiger partial charge in [0.05, 0.1) is 0 Å². The molecule has 20 heteroatoms. The molecule has 0 saturated heterocycles. The van der Waals surface area contributed by atoms with E-state index in [0.29, 0.717) is 0 Å². The van der Waals surface area contributed by atoms with Gasteiger partial charge in [-0.3, -0.25) is 0 Å². The molecule has 2 nitrogen and oxygen atoms in total. The van der Waals surface area contributed by atoms with Crippen LogP contribution in [0.5, 0.6) is 0 Å². The average molecular weight is 495 g/mol. The predicted octanol–water partition coefficient (Wildman–Crippen LogP) is 4.08. The summed E-state index contributed by atoms with van der Waals surface area (Å²) in [6, 6.07) is 0. The first-order valence-corrected chi connectivity index (χ1v) is 6.16. The van der Waals surface area contributed by atoms with Crippen LogP contribution in [0.3, 0.4) is 0 Å². The number of carboxylic acids is 1. The molecule has 0 radical (unpaired) electrons. The number of alkyl halides is 18. The zero-order valence-electron chi connectivity index (χ0n) is 12.7. The first-order valence-electron chi connectivity index (χ1n) is 6.16. The van der Waals surface area contributed by atoms with Crippen molar-refractivity contribution in [3.8, 4) is 0 Å². The maximum Gasteiger partial charge on any atom is 0.385 e. The molecule has 0 spiro atoms. The lowest BCUT2D eigenvalue weighted by molar-refractivity contribution is -0.459. The maximum absolute atomic E-state index is 13.1. The van der Waals surface area contributed by atoms with E-state index in [-0.39, 0.29) is 0 Å². The summed E-state index contributed by atoms with van der Waals surface area (Å²) in [4.78, 5) is 9.70. The quantitative estimate of drug-likeness (QED) is 0.453. The fourth-order valence-electron chi connectivity index (χ4n) is 1.46. The monoisotopic (exact) mass is 495 g/mol. The number of carbonyl (C=O) groups is 1. The van der Waals surface area contributed by atoms with E-state index < -0.39 is 59.8 Å². The summed E-state index contributed by atoms with van der Waals surface area (Å²) in [6.07, 6.45) is -6.05. The Morgan fingerprint density at radius 2 is 0.733 bits per heavy atom. The first-order chi connectivity index (χ1) is 12.6. The van der Waals surface area contributed by atoms with E-state index >= 15 is 0 Å². The Labute approximate surface area is 150 Å². The molecule has 0 saturated carbocycles. The summed E-state index contributed by atoms with van der Waals surface area (Å²) in [7, 11) is 0. The highest BCUT2D eigenvalue weighted by atomic mass is 19.4. The van der Waals surface area contributed by atoms with Crippen molar-refractivity contribution in [2.24, 2.45) is 0 Å². The van der Waals surface area contributed by atoms with Gasteiger partial charge in [-0.15, -0.1) is 0 Å². The predicted molar refractivity (Wildman–Crippen MR) is 50.6 cm³/mol. The van der Waals surface area contributed by atoms with Gasteiger partial charge in [0.2, 0.25) is 0 Å². The lowest BCUT2D eigenvalue weighted by atomic mass is 9.87. The van der Waals surface area contributed by atoms with Gasteiger partial charge in [-0.05, 0) is 0 Å². The molecule has 0 atom stereocenters. The highest BCUT2D eigenvalue weighted by Gasteiger charge is 2.95. The van der Waals surface area contributed by atoms with Gasteiger partial charge in [-0.1, -0.05) is 0 Å². The number of halogens is 18. The van der Waals surface area contributed by atoms with E-state index in [2.05, 4.69) is 0 Å². The number of aliphatic carboxylic acids is 1. The van der Waals surface area contributed by atoms with Gasteiger partial charge in [-0.2, -0.15) is 70.2 Å². The van der Waals surface area contributed by atoms with Crippen LogP contribution < -0.4 is 5.11 Å². The normalized spacial score (nSPS) is 16.2. The zero-order chi connectivity index (χ0) is 25.2. The second-order valence-electron chi connectivity index (χ2n) is 5.23.